The summed E-state index contributed by atoms with van der Waals surface area (Å²) in [5.41, 5.74) is 6.08. The molecule has 0 spiro atoms. The Hall–Kier alpha value is -2.37. The molecule has 94 valence electrons. The molecule has 18 heavy (non-hydrogen) atoms. The molecule has 0 fully saturated rings. The smallest absolute Gasteiger partial charge is 0.269 e. The Morgan fingerprint density at radius 2 is 2.22 bits per heavy atom. The number of halogens is 1. The van der Waals surface area contributed by atoms with Crippen molar-refractivity contribution in [3.8, 4) is 0 Å². The van der Waals surface area contributed by atoms with E-state index in [-0.39, 0.29) is 23.2 Å². The molecule has 4 N–H and O–H groups in total. The Labute approximate surface area is 103 Å². The van der Waals surface area contributed by atoms with Gasteiger partial charge in [0, 0.05) is 11.6 Å². The normalized spacial score (nSPS) is 12.1. The number of anilines is 1. The molecule has 2 aromatic rings. The maximum absolute atomic E-state index is 13.5. The minimum Gasteiger partial charge on any atom is -0.382 e. The Kier molecular flexibility index (Phi) is 3.27. The molecule has 0 aliphatic rings. The molecule has 5 nitrogen and oxygen atoms in total. The van der Waals surface area contributed by atoms with Gasteiger partial charge in [-0.3, -0.25) is 9.89 Å². The van der Waals surface area contributed by atoms with Gasteiger partial charge in [-0.1, -0.05) is 18.2 Å². The highest BCUT2D eigenvalue weighted by molar-refractivity contribution is 5.93. The third-order valence-corrected chi connectivity index (χ3v) is 2.56. The van der Waals surface area contributed by atoms with E-state index in [0.717, 1.165) is 0 Å². The van der Waals surface area contributed by atoms with Gasteiger partial charge >= 0.3 is 0 Å². The summed E-state index contributed by atoms with van der Waals surface area (Å²) >= 11 is 0. The van der Waals surface area contributed by atoms with E-state index in [9.17, 15) is 9.18 Å². The van der Waals surface area contributed by atoms with E-state index < -0.39 is 6.04 Å². The van der Waals surface area contributed by atoms with Crippen molar-refractivity contribution in [1.29, 1.82) is 0 Å². The summed E-state index contributed by atoms with van der Waals surface area (Å²) < 4.78 is 13.5. The van der Waals surface area contributed by atoms with Gasteiger partial charge in [0.1, 0.15) is 17.3 Å². The SMILES string of the molecule is CC(NC(=O)c1cc(N)n[nH]1)c1ccccc1F. The molecule has 0 saturated carbocycles. The summed E-state index contributed by atoms with van der Waals surface area (Å²) in [4.78, 5) is 11.8. The predicted octanol–water partition coefficient (Wildman–Crippen LogP) is 1.62. The van der Waals surface area contributed by atoms with Gasteiger partial charge < -0.3 is 11.1 Å². The lowest BCUT2D eigenvalue weighted by molar-refractivity contribution is 0.0934. The number of hydrogen-bond acceptors (Lipinski definition) is 3. The standard InChI is InChI=1S/C12H13FN4O/c1-7(8-4-2-3-5-9(8)13)15-12(18)10-6-11(14)17-16-10/h2-7H,1H3,(H,15,18)(H3,14,16,17). The van der Waals surface area contributed by atoms with Crippen LogP contribution in [0.15, 0.2) is 30.3 Å². The molecule has 0 radical (unpaired) electrons. The maximum atomic E-state index is 13.5. The fourth-order valence-corrected chi connectivity index (χ4v) is 1.63. The molecule has 1 aromatic heterocycles. The summed E-state index contributed by atoms with van der Waals surface area (Å²) in [7, 11) is 0. The highest BCUT2D eigenvalue weighted by Crippen LogP contribution is 2.16. The van der Waals surface area contributed by atoms with Crippen LogP contribution in [0.1, 0.15) is 29.0 Å². The molecule has 1 atom stereocenters. The number of nitrogens with zero attached hydrogens (tertiary/aromatic N) is 1. The van der Waals surface area contributed by atoms with E-state index in [1.807, 2.05) is 0 Å². The third-order valence-electron chi connectivity index (χ3n) is 2.56. The van der Waals surface area contributed by atoms with E-state index in [2.05, 4.69) is 15.5 Å². The van der Waals surface area contributed by atoms with Gasteiger partial charge in [-0.05, 0) is 13.0 Å². The number of amides is 1. The number of H-pyrrole nitrogens is 1. The first-order valence-corrected chi connectivity index (χ1v) is 5.44. The topological polar surface area (TPSA) is 83.8 Å². The lowest BCUT2D eigenvalue weighted by atomic mass is 10.1. The monoisotopic (exact) mass is 248 g/mol. The quantitative estimate of drug-likeness (QED) is 0.771. The van der Waals surface area contributed by atoms with Gasteiger partial charge in [0.25, 0.3) is 5.91 Å². The molecule has 2 rings (SSSR count). The molecular weight excluding hydrogens is 235 g/mol. The number of hydrogen-bond donors (Lipinski definition) is 3. The molecule has 0 bridgehead atoms. The van der Waals surface area contributed by atoms with Gasteiger partial charge in [-0.15, -0.1) is 0 Å². The van der Waals surface area contributed by atoms with E-state index in [1.54, 1.807) is 25.1 Å². The minimum absolute atomic E-state index is 0.235. The Bertz CT molecular complexity index is 567. The van der Waals surface area contributed by atoms with Crippen molar-refractivity contribution in [2.45, 2.75) is 13.0 Å². The van der Waals surface area contributed by atoms with Crippen molar-refractivity contribution in [3.63, 3.8) is 0 Å². The largest absolute Gasteiger partial charge is 0.382 e. The van der Waals surface area contributed by atoms with Gasteiger partial charge in [0.15, 0.2) is 0 Å². The second kappa shape index (κ2) is 4.87. The third kappa shape index (κ3) is 2.48. The Balaban J connectivity index is 2.10. The van der Waals surface area contributed by atoms with Crippen LogP contribution in [0.5, 0.6) is 0 Å². The predicted molar refractivity (Wildman–Crippen MR) is 65.3 cm³/mol. The molecular formula is C12H13FN4O. The van der Waals surface area contributed by atoms with Gasteiger partial charge in [-0.25, -0.2) is 4.39 Å². The van der Waals surface area contributed by atoms with Crippen LogP contribution in [0, 0.1) is 5.82 Å². The number of carbonyl (C=O) groups excluding carboxylic acids is 1. The van der Waals surface area contributed by atoms with E-state index in [1.165, 1.54) is 12.1 Å². The van der Waals surface area contributed by atoms with Crippen molar-refractivity contribution in [2.24, 2.45) is 0 Å². The number of nitrogens with two attached hydrogens (primary N) is 1. The van der Waals surface area contributed by atoms with Crippen LogP contribution in [-0.2, 0) is 0 Å². The van der Waals surface area contributed by atoms with E-state index in [4.69, 9.17) is 5.73 Å². The first kappa shape index (κ1) is 12.1. The van der Waals surface area contributed by atoms with Crippen molar-refractivity contribution in [3.05, 3.63) is 47.4 Å². The lowest BCUT2D eigenvalue weighted by Crippen LogP contribution is -2.27. The summed E-state index contributed by atoms with van der Waals surface area (Å²) in [6, 6.07) is 7.28. The van der Waals surface area contributed by atoms with Crippen LogP contribution in [0.25, 0.3) is 0 Å². The van der Waals surface area contributed by atoms with Crippen LogP contribution < -0.4 is 11.1 Å². The van der Waals surface area contributed by atoms with Crippen LogP contribution in [0.2, 0.25) is 0 Å². The average Bonchev–Trinajstić information content (AvgIpc) is 2.76. The maximum Gasteiger partial charge on any atom is 0.269 e. The molecule has 0 saturated heterocycles. The van der Waals surface area contributed by atoms with E-state index in [0.29, 0.717) is 5.56 Å². The van der Waals surface area contributed by atoms with E-state index >= 15 is 0 Å². The number of benzene rings is 1. The molecule has 1 heterocycles. The first-order valence-electron chi connectivity index (χ1n) is 5.44. The van der Waals surface area contributed by atoms with Crippen molar-refractivity contribution >= 4 is 11.7 Å². The zero-order valence-electron chi connectivity index (χ0n) is 9.77. The highest BCUT2D eigenvalue weighted by atomic mass is 19.1. The zero-order chi connectivity index (χ0) is 13.1. The summed E-state index contributed by atoms with van der Waals surface area (Å²) in [6.45, 7) is 1.70. The fourth-order valence-electron chi connectivity index (χ4n) is 1.63. The van der Waals surface area contributed by atoms with Crippen LogP contribution >= 0.6 is 0 Å². The lowest BCUT2D eigenvalue weighted by Gasteiger charge is -2.14. The number of aromatic nitrogens is 2. The Morgan fingerprint density at radius 3 is 2.83 bits per heavy atom. The number of carbonyl (C=O) groups is 1. The number of aromatic amines is 1. The zero-order valence-corrected chi connectivity index (χ0v) is 9.77. The molecule has 0 aliphatic heterocycles. The Morgan fingerprint density at radius 1 is 1.50 bits per heavy atom. The number of nitrogens with one attached hydrogen (secondary N) is 2. The van der Waals surface area contributed by atoms with Gasteiger partial charge in [-0.2, -0.15) is 5.10 Å². The van der Waals surface area contributed by atoms with Crippen molar-refractivity contribution < 1.29 is 9.18 Å². The van der Waals surface area contributed by atoms with Gasteiger partial charge in [0.05, 0.1) is 6.04 Å². The minimum atomic E-state index is -0.441. The van der Waals surface area contributed by atoms with Crippen LogP contribution in [0.4, 0.5) is 10.2 Å². The highest BCUT2D eigenvalue weighted by Gasteiger charge is 2.15. The van der Waals surface area contributed by atoms with Gasteiger partial charge in [0.2, 0.25) is 0 Å². The molecule has 6 heteroatoms. The number of rotatable bonds is 3. The van der Waals surface area contributed by atoms with Crippen LogP contribution in [0.3, 0.4) is 0 Å². The number of nitrogen functional groups attached to an aromatic ring is 1. The van der Waals surface area contributed by atoms with Crippen LogP contribution in [-0.4, -0.2) is 16.1 Å². The first-order chi connectivity index (χ1) is 8.58. The molecule has 1 unspecified atom stereocenters. The summed E-state index contributed by atoms with van der Waals surface area (Å²) in [5, 5.41) is 8.81. The van der Waals surface area contributed by atoms with Crippen molar-refractivity contribution in [1.82, 2.24) is 15.5 Å². The molecule has 0 aliphatic carbocycles. The fraction of sp³-hybridized carbons (Fsp3) is 0.167. The van der Waals surface area contributed by atoms with Crippen molar-refractivity contribution in [2.75, 3.05) is 5.73 Å². The molecule has 1 aromatic carbocycles. The summed E-state index contributed by atoms with van der Waals surface area (Å²) in [5.74, 6) is -0.497. The average molecular weight is 248 g/mol. The second-order valence-electron chi connectivity index (χ2n) is 3.92. The molecule has 1 amide bonds. The second-order valence-corrected chi connectivity index (χ2v) is 3.92. The summed E-state index contributed by atoms with van der Waals surface area (Å²) in [6.07, 6.45) is 0.